The summed E-state index contributed by atoms with van der Waals surface area (Å²) in [7, 11) is 1.76. The van der Waals surface area contributed by atoms with Crippen molar-refractivity contribution in [3.05, 3.63) is 29.7 Å². The van der Waals surface area contributed by atoms with Crippen LogP contribution in [0.1, 0.15) is 11.3 Å². The molecule has 100 valence electrons. The average molecular weight is 260 g/mol. The van der Waals surface area contributed by atoms with Crippen molar-refractivity contribution < 1.29 is 4.79 Å². The van der Waals surface area contributed by atoms with Crippen LogP contribution in [0.25, 0.3) is 0 Å². The van der Waals surface area contributed by atoms with Crippen molar-refractivity contribution in [1.82, 2.24) is 20.2 Å². The Bertz CT molecular complexity index is 565. The third-order valence-electron chi connectivity index (χ3n) is 2.79. The summed E-state index contributed by atoms with van der Waals surface area (Å²) in [5, 5.41) is 9.61. The molecular weight excluding hydrogens is 244 g/mol. The van der Waals surface area contributed by atoms with Gasteiger partial charge in [-0.2, -0.15) is 5.10 Å². The number of rotatable bonds is 4. The Morgan fingerprint density at radius 3 is 2.63 bits per heavy atom. The minimum Gasteiger partial charge on any atom is -0.335 e. The number of nitrogens with one attached hydrogen (secondary N) is 2. The molecule has 2 N–H and O–H groups in total. The van der Waals surface area contributed by atoms with Crippen LogP contribution in [-0.2, 0) is 4.79 Å². The van der Waals surface area contributed by atoms with Gasteiger partial charge in [0.15, 0.2) is 5.82 Å². The van der Waals surface area contributed by atoms with Gasteiger partial charge in [0, 0.05) is 30.7 Å². The Morgan fingerprint density at radius 1 is 1.37 bits per heavy atom. The Labute approximate surface area is 111 Å². The number of aryl methyl sites for hydroxylation is 1. The van der Waals surface area contributed by atoms with Gasteiger partial charge in [0.25, 0.3) is 0 Å². The molecule has 7 nitrogen and oxygen atoms in total. The maximum absolute atomic E-state index is 11.9. The minimum atomic E-state index is -0.162. The number of carbonyl (C=O) groups is 1. The third-order valence-corrected chi connectivity index (χ3v) is 2.79. The fraction of sp³-hybridized carbons (Fsp3) is 0.333. The molecule has 0 spiro atoms. The number of nitrogens with zero attached hydrogens (tertiary/aromatic N) is 4. The normalized spacial score (nSPS) is 10.3. The third kappa shape index (κ3) is 3.06. The molecule has 0 atom stereocenters. The van der Waals surface area contributed by atoms with E-state index < -0.39 is 0 Å². The number of H-pyrrole nitrogens is 1. The summed E-state index contributed by atoms with van der Waals surface area (Å²) in [5.74, 6) is 0.905. The summed E-state index contributed by atoms with van der Waals surface area (Å²) in [6.07, 6.45) is 3.27. The highest BCUT2D eigenvalue weighted by Crippen LogP contribution is 2.13. The van der Waals surface area contributed by atoms with Crippen LogP contribution >= 0.6 is 0 Å². The number of hydrogen-bond acceptors (Lipinski definition) is 5. The Balaban J connectivity index is 1.97. The Morgan fingerprint density at radius 2 is 2.05 bits per heavy atom. The van der Waals surface area contributed by atoms with Gasteiger partial charge >= 0.3 is 0 Å². The lowest BCUT2D eigenvalue weighted by Gasteiger charge is -2.15. The van der Waals surface area contributed by atoms with Crippen molar-refractivity contribution in [2.45, 2.75) is 13.8 Å². The molecule has 0 saturated carbocycles. The van der Waals surface area contributed by atoms with Gasteiger partial charge in [0.2, 0.25) is 11.9 Å². The molecule has 2 heterocycles. The quantitative estimate of drug-likeness (QED) is 0.852. The Hall–Kier alpha value is -2.44. The molecular formula is C12H16N6O. The zero-order valence-corrected chi connectivity index (χ0v) is 11.1. The topological polar surface area (TPSA) is 86.8 Å². The second-order valence-corrected chi connectivity index (χ2v) is 4.28. The first kappa shape index (κ1) is 13.0. The van der Waals surface area contributed by atoms with E-state index in [2.05, 4.69) is 25.5 Å². The first-order valence-electron chi connectivity index (χ1n) is 5.87. The molecule has 2 aromatic rings. The van der Waals surface area contributed by atoms with E-state index in [0.29, 0.717) is 11.8 Å². The summed E-state index contributed by atoms with van der Waals surface area (Å²) in [6.45, 7) is 3.97. The number of hydrogen-bond donors (Lipinski definition) is 2. The molecule has 1 amide bonds. The van der Waals surface area contributed by atoms with Crippen LogP contribution in [0, 0.1) is 13.8 Å². The van der Waals surface area contributed by atoms with E-state index in [-0.39, 0.29) is 12.5 Å². The molecule has 0 aliphatic heterocycles. The zero-order chi connectivity index (χ0) is 13.8. The predicted octanol–water partition coefficient (Wildman–Crippen LogP) is 0.891. The molecule has 7 heteroatoms. The molecule has 0 unspecified atom stereocenters. The number of aromatic amines is 1. The molecule has 19 heavy (non-hydrogen) atoms. The highest BCUT2D eigenvalue weighted by Gasteiger charge is 2.12. The van der Waals surface area contributed by atoms with Gasteiger partial charge in [-0.25, -0.2) is 9.97 Å². The SMILES string of the molecule is Cc1[nH]nc(NC(=O)CN(C)c2ncccn2)c1C. The molecule has 0 fully saturated rings. The molecule has 2 aromatic heterocycles. The first-order valence-corrected chi connectivity index (χ1v) is 5.87. The predicted molar refractivity (Wildman–Crippen MR) is 72.0 cm³/mol. The van der Waals surface area contributed by atoms with Crippen LogP contribution in [0.15, 0.2) is 18.5 Å². The van der Waals surface area contributed by atoms with Crippen molar-refractivity contribution in [2.24, 2.45) is 0 Å². The molecule has 2 rings (SSSR count). The molecule has 0 radical (unpaired) electrons. The van der Waals surface area contributed by atoms with Gasteiger partial charge in [-0.3, -0.25) is 9.89 Å². The maximum atomic E-state index is 11.9. The van der Waals surface area contributed by atoms with Crippen LogP contribution in [0.5, 0.6) is 0 Å². The number of amides is 1. The fourth-order valence-corrected chi connectivity index (χ4v) is 1.55. The number of likely N-dealkylation sites (N-methyl/N-ethyl adjacent to an activating group) is 1. The summed E-state index contributed by atoms with van der Waals surface area (Å²) < 4.78 is 0. The van der Waals surface area contributed by atoms with Gasteiger partial charge in [-0.05, 0) is 19.9 Å². The van der Waals surface area contributed by atoms with Crippen molar-refractivity contribution in [1.29, 1.82) is 0 Å². The van der Waals surface area contributed by atoms with E-state index in [1.807, 2.05) is 13.8 Å². The van der Waals surface area contributed by atoms with Crippen molar-refractivity contribution in [2.75, 3.05) is 23.8 Å². The van der Waals surface area contributed by atoms with Gasteiger partial charge in [-0.15, -0.1) is 0 Å². The molecule has 0 aromatic carbocycles. The van der Waals surface area contributed by atoms with Crippen LogP contribution in [0.2, 0.25) is 0 Å². The van der Waals surface area contributed by atoms with Crippen LogP contribution in [-0.4, -0.2) is 39.7 Å². The second kappa shape index (κ2) is 5.47. The van der Waals surface area contributed by atoms with E-state index in [1.165, 1.54) is 0 Å². The lowest BCUT2D eigenvalue weighted by Crippen LogP contribution is -2.31. The lowest BCUT2D eigenvalue weighted by atomic mass is 10.3. The minimum absolute atomic E-state index is 0.162. The first-order chi connectivity index (χ1) is 9.08. The van der Waals surface area contributed by atoms with Gasteiger partial charge in [-0.1, -0.05) is 0 Å². The summed E-state index contributed by atoms with van der Waals surface area (Å²) in [6, 6.07) is 1.73. The standard InChI is InChI=1S/C12H16N6O/c1-8-9(2)16-17-11(8)15-10(19)7-18(3)12-13-5-4-6-14-12/h4-6H,7H2,1-3H3,(H2,15,16,17,19). The average Bonchev–Trinajstić information content (AvgIpc) is 2.71. The van der Waals surface area contributed by atoms with Crippen LogP contribution in [0.3, 0.4) is 0 Å². The highest BCUT2D eigenvalue weighted by atomic mass is 16.2. The van der Waals surface area contributed by atoms with Gasteiger partial charge in [0.05, 0.1) is 6.54 Å². The largest absolute Gasteiger partial charge is 0.335 e. The van der Waals surface area contributed by atoms with E-state index >= 15 is 0 Å². The molecule has 0 aliphatic rings. The lowest BCUT2D eigenvalue weighted by molar-refractivity contribution is -0.115. The Kier molecular flexibility index (Phi) is 3.74. The van der Waals surface area contributed by atoms with E-state index in [1.54, 1.807) is 30.4 Å². The summed E-state index contributed by atoms with van der Waals surface area (Å²) >= 11 is 0. The second-order valence-electron chi connectivity index (χ2n) is 4.28. The van der Waals surface area contributed by atoms with E-state index in [4.69, 9.17) is 0 Å². The highest BCUT2D eigenvalue weighted by molar-refractivity contribution is 5.93. The van der Waals surface area contributed by atoms with Crippen molar-refractivity contribution >= 4 is 17.7 Å². The number of aromatic nitrogens is 4. The van der Waals surface area contributed by atoms with Crippen molar-refractivity contribution in [3.63, 3.8) is 0 Å². The van der Waals surface area contributed by atoms with E-state index in [0.717, 1.165) is 11.3 Å². The zero-order valence-electron chi connectivity index (χ0n) is 11.1. The van der Waals surface area contributed by atoms with E-state index in [9.17, 15) is 4.79 Å². The molecule has 0 aliphatic carbocycles. The molecule has 0 bridgehead atoms. The number of carbonyl (C=O) groups excluding carboxylic acids is 1. The monoisotopic (exact) mass is 260 g/mol. The van der Waals surface area contributed by atoms with Crippen LogP contribution < -0.4 is 10.2 Å². The molecule has 0 saturated heterocycles. The summed E-state index contributed by atoms with van der Waals surface area (Å²) in [5.41, 5.74) is 1.88. The summed E-state index contributed by atoms with van der Waals surface area (Å²) in [4.78, 5) is 21.7. The maximum Gasteiger partial charge on any atom is 0.245 e. The smallest absolute Gasteiger partial charge is 0.245 e. The van der Waals surface area contributed by atoms with Gasteiger partial charge < -0.3 is 10.2 Å². The van der Waals surface area contributed by atoms with Crippen molar-refractivity contribution in [3.8, 4) is 0 Å². The number of anilines is 2. The fourth-order valence-electron chi connectivity index (χ4n) is 1.55. The van der Waals surface area contributed by atoms with Gasteiger partial charge in [0.1, 0.15) is 0 Å². The van der Waals surface area contributed by atoms with Crippen LogP contribution in [0.4, 0.5) is 11.8 Å².